The van der Waals surface area contributed by atoms with Crippen molar-refractivity contribution >= 4 is 0 Å². The van der Waals surface area contributed by atoms with E-state index in [0.29, 0.717) is 11.5 Å². The molecule has 0 unspecified atom stereocenters. The molecular formula is C14H14N2O2. The summed E-state index contributed by atoms with van der Waals surface area (Å²) in [6, 6.07) is 19.0. The minimum Gasteiger partial charge on any atom is -0.597 e. The molecule has 4 nitrogen and oxygen atoms in total. The minimum absolute atomic E-state index is 0.190. The Hall–Kier alpha value is -2.36. The van der Waals surface area contributed by atoms with E-state index < -0.39 is 0 Å². The second kappa shape index (κ2) is 6.39. The van der Waals surface area contributed by atoms with Crippen LogP contribution in [0.5, 0.6) is 0 Å². The Kier molecular flexibility index (Phi) is 4.30. The average Bonchev–Trinajstić information content (AvgIpc) is 2.41. The Morgan fingerprint density at radius 2 is 1.44 bits per heavy atom. The molecule has 2 rings (SSSR count). The van der Waals surface area contributed by atoms with Crippen LogP contribution in [0, 0.1) is 5.21 Å². The zero-order valence-corrected chi connectivity index (χ0v) is 9.90. The highest BCUT2D eigenvalue weighted by Crippen LogP contribution is 2.03. The molecular weight excluding hydrogens is 228 g/mol. The average molecular weight is 242 g/mol. The highest BCUT2D eigenvalue weighted by atomic mass is 16.7. The maximum Gasteiger partial charge on any atom is 0.209 e. The van der Waals surface area contributed by atoms with Gasteiger partial charge in [0, 0.05) is 5.56 Å². The molecule has 0 aliphatic rings. The first kappa shape index (κ1) is 12.1. The van der Waals surface area contributed by atoms with E-state index >= 15 is 0 Å². The molecule has 0 aromatic heterocycles. The first-order valence-electron chi connectivity index (χ1n) is 5.70. The van der Waals surface area contributed by atoms with Crippen molar-refractivity contribution in [2.75, 3.05) is 0 Å². The van der Waals surface area contributed by atoms with Crippen LogP contribution in [-0.2, 0) is 18.0 Å². The van der Waals surface area contributed by atoms with Crippen LogP contribution in [0.1, 0.15) is 11.1 Å². The fourth-order valence-electron chi connectivity index (χ4n) is 1.51. The smallest absolute Gasteiger partial charge is 0.209 e. The van der Waals surface area contributed by atoms with Crippen LogP contribution in [0.4, 0.5) is 0 Å². The summed E-state index contributed by atoms with van der Waals surface area (Å²) in [6.45, 7) is 0.490. The maximum absolute atomic E-state index is 11.4. The third-order valence-electron chi connectivity index (χ3n) is 2.38. The van der Waals surface area contributed by atoms with Gasteiger partial charge in [0.25, 0.3) is 0 Å². The van der Waals surface area contributed by atoms with E-state index in [9.17, 15) is 5.21 Å². The quantitative estimate of drug-likeness (QED) is 0.459. The Balaban J connectivity index is 1.83. The molecule has 0 fully saturated rings. The first-order valence-corrected chi connectivity index (χ1v) is 5.70. The lowest BCUT2D eigenvalue weighted by Gasteiger charge is -2.01. The van der Waals surface area contributed by atoms with E-state index in [1.54, 1.807) is 0 Å². The number of hydrogen-bond acceptors (Lipinski definition) is 3. The fraction of sp³-hybridized carbons (Fsp3) is 0.143. The molecule has 0 saturated carbocycles. The van der Waals surface area contributed by atoms with E-state index in [0.717, 1.165) is 11.1 Å². The molecule has 92 valence electrons. The largest absolute Gasteiger partial charge is 0.597 e. The van der Waals surface area contributed by atoms with Crippen LogP contribution >= 0.6 is 0 Å². The number of rotatable bonds is 5. The normalized spacial score (nSPS) is 11.2. The van der Waals surface area contributed by atoms with Gasteiger partial charge in [0.05, 0.1) is 0 Å². The summed E-state index contributed by atoms with van der Waals surface area (Å²) in [5.74, 6) is 0. The van der Waals surface area contributed by atoms with Gasteiger partial charge in [-0.05, 0) is 5.56 Å². The molecule has 0 atom stereocenters. The Morgan fingerprint density at radius 3 is 2.06 bits per heavy atom. The van der Waals surface area contributed by atoms with E-state index in [-0.39, 0.29) is 6.54 Å². The Morgan fingerprint density at radius 1 is 0.889 bits per heavy atom. The zero-order chi connectivity index (χ0) is 12.6. The summed E-state index contributed by atoms with van der Waals surface area (Å²) in [5, 5.41) is 14.9. The Bertz CT molecular complexity index is 498. The van der Waals surface area contributed by atoms with Gasteiger partial charge >= 0.3 is 0 Å². The lowest BCUT2D eigenvalue weighted by atomic mass is 10.2. The molecule has 18 heavy (non-hydrogen) atoms. The lowest BCUT2D eigenvalue weighted by molar-refractivity contribution is -0.574. The molecule has 2 aromatic rings. The number of benzene rings is 2. The second-order valence-corrected chi connectivity index (χ2v) is 3.84. The van der Waals surface area contributed by atoms with Crippen LogP contribution in [0.2, 0.25) is 0 Å². The van der Waals surface area contributed by atoms with Gasteiger partial charge in [-0.1, -0.05) is 65.5 Å². The predicted molar refractivity (Wildman–Crippen MR) is 67.4 cm³/mol. The summed E-state index contributed by atoms with van der Waals surface area (Å²) < 4.78 is 0. The first-order chi connectivity index (χ1) is 8.84. The van der Waals surface area contributed by atoms with Crippen molar-refractivity contribution in [3.05, 3.63) is 77.0 Å². The maximum atomic E-state index is 11.4. The van der Waals surface area contributed by atoms with E-state index in [1.807, 2.05) is 60.7 Å². The molecule has 4 heteroatoms. The van der Waals surface area contributed by atoms with Crippen LogP contribution in [0.15, 0.2) is 65.9 Å². The van der Waals surface area contributed by atoms with Crippen LogP contribution in [0.3, 0.4) is 0 Å². The number of nitrogens with zero attached hydrogens (tertiary/aromatic N) is 2. The van der Waals surface area contributed by atoms with Crippen LogP contribution in [-0.4, -0.2) is 4.86 Å². The Labute approximate surface area is 106 Å². The van der Waals surface area contributed by atoms with Gasteiger partial charge in [-0.3, -0.25) is 0 Å². The van der Waals surface area contributed by atoms with E-state index in [1.165, 1.54) is 0 Å². The van der Waals surface area contributed by atoms with Gasteiger partial charge in [-0.25, -0.2) is 0 Å². The molecule has 0 radical (unpaired) electrons. The van der Waals surface area contributed by atoms with Crippen molar-refractivity contribution in [1.29, 1.82) is 0 Å². The molecule has 0 aliphatic heterocycles. The zero-order valence-electron chi connectivity index (χ0n) is 9.90. The highest BCUT2D eigenvalue weighted by molar-refractivity contribution is 5.13. The van der Waals surface area contributed by atoms with Gasteiger partial charge in [-0.2, -0.15) is 0 Å². The SMILES string of the molecule is [O-][N+](Cc1ccccc1)=NOCc1ccccc1. The molecule has 2 aromatic carbocycles. The van der Waals surface area contributed by atoms with Crippen LogP contribution < -0.4 is 0 Å². The van der Waals surface area contributed by atoms with E-state index in [2.05, 4.69) is 5.28 Å². The summed E-state index contributed by atoms with van der Waals surface area (Å²) in [7, 11) is 0. The van der Waals surface area contributed by atoms with Gasteiger partial charge in [0.15, 0.2) is 0 Å². The third-order valence-corrected chi connectivity index (χ3v) is 2.38. The topological polar surface area (TPSA) is 47.7 Å². The number of hydrogen-bond donors (Lipinski definition) is 0. The monoisotopic (exact) mass is 242 g/mol. The van der Waals surface area contributed by atoms with Crippen molar-refractivity contribution in [3.63, 3.8) is 0 Å². The molecule has 0 saturated heterocycles. The second-order valence-electron chi connectivity index (χ2n) is 3.84. The summed E-state index contributed by atoms with van der Waals surface area (Å²) in [6.07, 6.45) is 0. The van der Waals surface area contributed by atoms with Gasteiger partial charge in [0.1, 0.15) is 6.61 Å². The third kappa shape index (κ3) is 3.90. The van der Waals surface area contributed by atoms with Gasteiger partial charge < -0.3 is 10.0 Å². The molecule has 0 amide bonds. The molecule has 0 aliphatic carbocycles. The van der Waals surface area contributed by atoms with Crippen molar-refractivity contribution < 1.29 is 9.70 Å². The standard InChI is InChI=1S/C14H14N2O2/c17-16(11-13-7-3-1-4-8-13)15-18-12-14-9-5-2-6-10-14/h1-10H,11-12H2. The van der Waals surface area contributed by atoms with Gasteiger partial charge in [-0.15, -0.1) is 0 Å². The van der Waals surface area contributed by atoms with E-state index in [4.69, 9.17) is 4.84 Å². The molecule has 0 bridgehead atoms. The lowest BCUT2D eigenvalue weighted by Crippen LogP contribution is -2.01. The summed E-state index contributed by atoms with van der Waals surface area (Å²) in [5.41, 5.74) is 1.88. The molecule has 0 spiro atoms. The van der Waals surface area contributed by atoms with Crippen molar-refractivity contribution in [3.8, 4) is 0 Å². The summed E-state index contributed by atoms with van der Waals surface area (Å²) >= 11 is 0. The predicted octanol–water partition coefficient (Wildman–Crippen LogP) is 3.28. The summed E-state index contributed by atoms with van der Waals surface area (Å²) in [4.78, 5) is 5.53. The van der Waals surface area contributed by atoms with Crippen molar-refractivity contribution in [2.24, 2.45) is 5.28 Å². The highest BCUT2D eigenvalue weighted by Gasteiger charge is 1.99. The van der Waals surface area contributed by atoms with Crippen molar-refractivity contribution in [2.45, 2.75) is 13.2 Å². The minimum atomic E-state index is 0.190. The molecule has 0 heterocycles. The fourth-order valence-corrected chi connectivity index (χ4v) is 1.51. The molecule has 0 N–H and O–H groups in total. The van der Waals surface area contributed by atoms with Crippen molar-refractivity contribution in [1.82, 2.24) is 0 Å². The number of hydroxylamine groups is 1. The van der Waals surface area contributed by atoms with Crippen LogP contribution in [0.25, 0.3) is 0 Å². The van der Waals surface area contributed by atoms with Gasteiger partial charge in [0.2, 0.25) is 11.8 Å².